The Morgan fingerprint density at radius 3 is 2.26 bits per heavy atom. The highest BCUT2D eigenvalue weighted by Crippen LogP contribution is 2.08. The molecule has 0 aliphatic heterocycles. The van der Waals surface area contributed by atoms with Gasteiger partial charge >= 0.3 is 5.97 Å². The first kappa shape index (κ1) is 17.9. The molecule has 5 heteroatoms. The van der Waals surface area contributed by atoms with Crippen molar-refractivity contribution in [2.24, 2.45) is 5.92 Å². The average molecular weight is 272 g/mol. The largest absolute Gasteiger partial charge is 0.461 e. The topological polar surface area (TPSA) is 67.4 Å². The van der Waals surface area contributed by atoms with E-state index >= 15 is 0 Å². The fourth-order valence-electron chi connectivity index (χ4n) is 1.69. The van der Waals surface area contributed by atoms with Gasteiger partial charge in [-0.1, -0.05) is 13.8 Å². The number of carbonyl (C=O) groups is 2. The average Bonchev–Trinajstić information content (AvgIpc) is 2.27. The lowest BCUT2D eigenvalue weighted by Crippen LogP contribution is -2.43. The number of nitrogens with one attached hydrogen (secondary N) is 2. The van der Waals surface area contributed by atoms with E-state index in [1.807, 2.05) is 20.9 Å². The summed E-state index contributed by atoms with van der Waals surface area (Å²) in [4.78, 5) is 23.7. The minimum atomic E-state index is -0.538. The molecule has 5 nitrogen and oxygen atoms in total. The van der Waals surface area contributed by atoms with Crippen LogP contribution in [0.4, 0.5) is 0 Å². The second-order valence-electron chi connectivity index (χ2n) is 5.44. The highest BCUT2D eigenvalue weighted by atomic mass is 16.5. The third kappa shape index (κ3) is 9.47. The second-order valence-corrected chi connectivity index (χ2v) is 5.44. The van der Waals surface area contributed by atoms with Crippen molar-refractivity contribution in [2.75, 3.05) is 13.6 Å². The Hall–Kier alpha value is -1.10. The number of hydrogen-bond donors (Lipinski definition) is 2. The molecule has 19 heavy (non-hydrogen) atoms. The molecule has 0 unspecified atom stereocenters. The van der Waals surface area contributed by atoms with Crippen LogP contribution in [0.25, 0.3) is 0 Å². The first-order valence-electron chi connectivity index (χ1n) is 7.01. The molecule has 112 valence electrons. The standard InChI is InChI=1S/C14H28N2O3/c1-10(2)9-12(14(18)19-11(3)4)16-13(17)7-6-8-15-5/h10-12,15H,6-9H2,1-5H3,(H,16,17)/t12-/m0/s1. The Kier molecular flexibility index (Phi) is 9.21. The lowest BCUT2D eigenvalue weighted by molar-refractivity contribution is -0.152. The quantitative estimate of drug-likeness (QED) is 0.493. The van der Waals surface area contributed by atoms with Gasteiger partial charge < -0.3 is 15.4 Å². The number of ether oxygens (including phenoxy) is 1. The summed E-state index contributed by atoms with van der Waals surface area (Å²) in [7, 11) is 1.85. The Morgan fingerprint density at radius 2 is 1.79 bits per heavy atom. The maximum absolute atomic E-state index is 11.9. The van der Waals surface area contributed by atoms with Crippen LogP contribution in [0, 0.1) is 5.92 Å². The van der Waals surface area contributed by atoms with Gasteiger partial charge in [0.15, 0.2) is 0 Å². The lowest BCUT2D eigenvalue weighted by Gasteiger charge is -2.20. The molecule has 2 N–H and O–H groups in total. The third-order valence-electron chi connectivity index (χ3n) is 2.51. The zero-order valence-corrected chi connectivity index (χ0v) is 12.8. The van der Waals surface area contributed by atoms with Gasteiger partial charge in [-0.15, -0.1) is 0 Å². The van der Waals surface area contributed by atoms with Crippen LogP contribution >= 0.6 is 0 Å². The van der Waals surface area contributed by atoms with Crippen LogP contribution in [-0.4, -0.2) is 37.6 Å². The van der Waals surface area contributed by atoms with Crippen molar-refractivity contribution < 1.29 is 14.3 Å². The van der Waals surface area contributed by atoms with E-state index in [9.17, 15) is 9.59 Å². The van der Waals surface area contributed by atoms with E-state index in [0.29, 0.717) is 18.8 Å². The van der Waals surface area contributed by atoms with E-state index in [4.69, 9.17) is 4.74 Å². The van der Waals surface area contributed by atoms with Crippen molar-refractivity contribution in [3.63, 3.8) is 0 Å². The predicted octanol–water partition coefficient (Wildman–Crippen LogP) is 1.47. The first-order chi connectivity index (χ1) is 8.86. The number of carbonyl (C=O) groups excluding carboxylic acids is 2. The molecule has 0 aliphatic carbocycles. The smallest absolute Gasteiger partial charge is 0.328 e. The van der Waals surface area contributed by atoms with Gasteiger partial charge in [0.2, 0.25) is 5.91 Å². The zero-order chi connectivity index (χ0) is 14.8. The van der Waals surface area contributed by atoms with Crippen LogP contribution in [-0.2, 0) is 14.3 Å². The van der Waals surface area contributed by atoms with Crippen molar-refractivity contribution >= 4 is 11.9 Å². The molecular formula is C14H28N2O3. The van der Waals surface area contributed by atoms with E-state index in [0.717, 1.165) is 13.0 Å². The SMILES string of the molecule is CNCCCC(=O)N[C@@H](CC(C)C)C(=O)OC(C)C. The lowest BCUT2D eigenvalue weighted by atomic mass is 10.0. The van der Waals surface area contributed by atoms with Gasteiger partial charge in [0, 0.05) is 6.42 Å². The molecule has 0 aromatic heterocycles. The van der Waals surface area contributed by atoms with Gasteiger partial charge in [-0.25, -0.2) is 4.79 Å². The summed E-state index contributed by atoms with van der Waals surface area (Å²) in [6.07, 6.45) is 1.62. The summed E-state index contributed by atoms with van der Waals surface area (Å²) in [5.74, 6) is -0.116. The Bertz CT molecular complexity index is 278. The predicted molar refractivity (Wildman–Crippen MR) is 75.8 cm³/mol. The minimum absolute atomic E-state index is 0.0957. The molecule has 0 aromatic carbocycles. The number of rotatable bonds is 9. The molecule has 0 spiro atoms. The number of amides is 1. The molecule has 0 saturated heterocycles. The Labute approximate surface area is 116 Å². The van der Waals surface area contributed by atoms with Crippen molar-refractivity contribution in [1.82, 2.24) is 10.6 Å². The van der Waals surface area contributed by atoms with Crippen LogP contribution in [0.5, 0.6) is 0 Å². The summed E-state index contributed by atoms with van der Waals surface area (Å²) >= 11 is 0. The van der Waals surface area contributed by atoms with Crippen LogP contribution in [0.15, 0.2) is 0 Å². The fraction of sp³-hybridized carbons (Fsp3) is 0.857. The molecule has 0 rings (SSSR count). The van der Waals surface area contributed by atoms with Crippen LogP contribution in [0.2, 0.25) is 0 Å². The monoisotopic (exact) mass is 272 g/mol. The maximum Gasteiger partial charge on any atom is 0.328 e. The molecular weight excluding hydrogens is 244 g/mol. The summed E-state index contributed by atoms with van der Waals surface area (Å²) in [6.45, 7) is 8.43. The van der Waals surface area contributed by atoms with E-state index < -0.39 is 6.04 Å². The third-order valence-corrected chi connectivity index (χ3v) is 2.51. The van der Waals surface area contributed by atoms with Crippen LogP contribution < -0.4 is 10.6 Å². The number of hydrogen-bond acceptors (Lipinski definition) is 4. The van der Waals surface area contributed by atoms with Gasteiger partial charge in [0.1, 0.15) is 6.04 Å². The summed E-state index contributed by atoms with van der Waals surface area (Å²) < 4.78 is 5.17. The molecule has 0 radical (unpaired) electrons. The van der Waals surface area contributed by atoms with E-state index in [-0.39, 0.29) is 18.0 Å². The van der Waals surface area contributed by atoms with E-state index in [1.54, 1.807) is 13.8 Å². The van der Waals surface area contributed by atoms with E-state index in [1.165, 1.54) is 0 Å². The molecule has 1 atom stereocenters. The second kappa shape index (κ2) is 9.78. The number of esters is 1. The van der Waals surface area contributed by atoms with E-state index in [2.05, 4.69) is 10.6 Å². The molecule has 0 bridgehead atoms. The molecule has 0 aromatic rings. The highest BCUT2D eigenvalue weighted by Gasteiger charge is 2.23. The Balaban J connectivity index is 4.33. The van der Waals surface area contributed by atoms with Gasteiger partial charge in [-0.05, 0) is 46.2 Å². The normalized spacial score (nSPS) is 12.6. The van der Waals surface area contributed by atoms with Crippen molar-refractivity contribution in [3.8, 4) is 0 Å². The fourth-order valence-corrected chi connectivity index (χ4v) is 1.69. The van der Waals surface area contributed by atoms with Crippen LogP contribution in [0.1, 0.15) is 47.0 Å². The van der Waals surface area contributed by atoms with Crippen molar-refractivity contribution in [2.45, 2.75) is 59.1 Å². The summed E-state index contributed by atoms with van der Waals surface area (Å²) in [5, 5.41) is 5.76. The zero-order valence-electron chi connectivity index (χ0n) is 12.8. The van der Waals surface area contributed by atoms with Crippen LogP contribution in [0.3, 0.4) is 0 Å². The molecule has 0 heterocycles. The van der Waals surface area contributed by atoms with Crippen molar-refractivity contribution in [1.29, 1.82) is 0 Å². The van der Waals surface area contributed by atoms with Gasteiger partial charge in [0.05, 0.1) is 6.10 Å². The first-order valence-corrected chi connectivity index (χ1v) is 7.01. The summed E-state index contributed by atoms with van der Waals surface area (Å²) in [6, 6.07) is -0.538. The van der Waals surface area contributed by atoms with Gasteiger partial charge in [-0.3, -0.25) is 4.79 Å². The highest BCUT2D eigenvalue weighted by molar-refractivity contribution is 5.84. The molecule has 1 amide bonds. The van der Waals surface area contributed by atoms with Gasteiger partial charge in [0.25, 0.3) is 0 Å². The molecule has 0 saturated carbocycles. The van der Waals surface area contributed by atoms with Gasteiger partial charge in [-0.2, -0.15) is 0 Å². The van der Waals surface area contributed by atoms with Crippen molar-refractivity contribution in [3.05, 3.63) is 0 Å². The summed E-state index contributed by atoms with van der Waals surface area (Å²) in [5.41, 5.74) is 0. The molecule has 0 fully saturated rings. The molecule has 0 aliphatic rings. The maximum atomic E-state index is 11.9. The minimum Gasteiger partial charge on any atom is -0.461 e. The Morgan fingerprint density at radius 1 is 1.16 bits per heavy atom.